The SMILES string of the molecule is Cc1c[nH]cc1C(=O)N1CCCNC(=O)C1Cc1ccccc1. The van der Waals surface area contributed by atoms with E-state index in [1.165, 1.54) is 0 Å². The number of aryl methyl sites for hydroxylation is 1. The normalized spacial score (nSPS) is 18.4. The van der Waals surface area contributed by atoms with Crippen LogP contribution in [0.5, 0.6) is 0 Å². The van der Waals surface area contributed by atoms with Gasteiger partial charge in [-0.2, -0.15) is 0 Å². The number of carbonyl (C=O) groups is 2. The van der Waals surface area contributed by atoms with Crippen LogP contribution in [0.4, 0.5) is 0 Å². The summed E-state index contributed by atoms with van der Waals surface area (Å²) in [5.74, 6) is -0.158. The van der Waals surface area contributed by atoms with Crippen LogP contribution in [0.15, 0.2) is 42.7 Å². The number of amides is 2. The van der Waals surface area contributed by atoms with E-state index >= 15 is 0 Å². The minimum Gasteiger partial charge on any atom is -0.367 e. The Morgan fingerprint density at radius 3 is 2.74 bits per heavy atom. The summed E-state index contributed by atoms with van der Waals surface area (Å²) in [5, 5.41) is 2.92. The molecule has 3 rings (SSSR count). The van der Waals surface area contributed by atoms with Crippen LogP contribution in [0.25, 0.3) is 0 Å². The highest BCUT2D eigenvalue weighted by Gasteiger charge is 2.32. The lowest BCUT2D eigenvalue weighted by Gasteiger charge is -2.28. The molecule has 1 unspecified atom stereocenters. The Morgan fingerprint density at radius 2 is 2.04 bits per heavy atom. The van der Waals surface area contributed by atoms with E-state index in [4.69, 9.17) is 0 Å². The van der Waals surface area contributed by atoms with Gasteiger partial charge in [-0.3, -0.25) is 9.59 Å². The van der Waals surface area contributed by atoms with Gasteiger partial charge in [0.15, 0.2) is 0 Å². The summed E-state index contributed by atoms with van der Waals surface area (Å²) in [6.07, 6.45) is 4.81. The number of hydrogen-bond donors (Lipinski definition) is 2. The minimum atomic E-state index is -0.471. The third kappa shape index (κ3) is 3.28. The van der Waals surface area contributed by atoms with E-state index in [0.717, 1.165) is 17.5 Å². The zero-order chi connectivity index (χ0) is 16.2. The molecule has 5 nitrogen and oxygen atoms in total. The number of aromatic amines is 1. The van der Waals surface area contributed by atoms with Crippen LogP contribution in [0.3, 0.4) is 0 Å². The Hall–Kier alpha value is -2.56. The van der Waals surface area contributed by atoms with E-state index in [2.05, 4.69) is 10.3 Å². The molecule has 1 fully saturated rings. The van der Waals surface area contributed by atoms with Gasteiger partial charge < -0.3 is 15.2 Å². The van der Waals surface area contributed by atoms with Crippen LogP contribution in [0, 0.1) is 6.92 Å². The fourth-order valence-corrected chi connectivity index (χ4v) is 2.99. The van der Waals surface area contributed by atoms with E-state index in [1.807, 2.05) is 37.3 Å². The summed E-state index contributed by atoms with van der Waals surface area (Å²) in [6, 6.07) is 9.36. The highest BCUT2D eigenvalue weighted by atomic mass is 16.2. The number of H-pyrrole nitrogens is 1. The van der Waals surface area contributed by atoms with Crippen LogP contribution in [0.2, 0.25) is 0 Å². The maximum atomic E-state index is 12.9. The van der Waals surface area contributed by atoms with Crippen LogP contribution in [0.1, 0.15) is 27.9 Å². The van der Waals surface area contributed by atoms with Gasteiger partial charge in [-0.15, -0.1) is 0 Å². The number of nitrogens with one attached hydrogen (secondary N) is 2. The van der Waals surface area contributed by atoms with E-state index in [-0.39, 0.29) is 11.8 Å². The Morgan fingerprint density at radius 1 is 1.26 bits per heavy atom. The first-order valence-corrected chi connectivity index (χ1v) is 7.93. The highest BCUT2D eigenvalue weighted by molar-refractivity contribution is 5.98. The molecule has 2 N–H and O–H groups in total. The predicted octanol–water partition coefficient (Wildman–Crippen LogP) is 1.90. The summed E-state index contributed by atoms with van der Waals surface area (Å²) in [7, 11) is 0. The maximum absolute atomic E-state index is 12.9. The largest absolute Gasteiger partial charge is 0.367 e. The number of benzene rings is 1. The molecule has 120 valence electrons. The van der Waals surface area contributed by atoms with E-state index in [0.29, 0.717) is 25.1 Å². The summed E-state index contributed by atoms with van der Waals surface area (Å²) in [6.45, 7) is 3.09. The van der Waals surface area contributed by atoms with Crippen molar-refractivity contribution in [2.24, 2.45) is 0 Å². The fourth-order valence-electron chi connectivity index (χ4n) is 2.99. The Kier molecular flexibility index (Phi) is 4.46. The van der Waals surface area contributed by atoms with Crippen molar-refractivity contribution in [2.75, 3.05) is 13.1 Å². The van der Waals surface area contributed by atoms with Crippen LogP contribution in [-0.4, -0.2) is 40.8 Å². The third-order valence-corrected chi connectivity index (χ3v) is 4.27. The second-order valence-corrected chi connectivity index (χ2v) is 5.90. The van der Waals surface area contributed by atoms with Crippen molar-refractivity contribution in [3.63, 3.8) is 0 Å². The van der Waals surface area contributed by atoms with Crippen molar-refractivity contribution in [1.29, 1.82) is 0 Å². The van der Waals surface area contributed by atoms with Crippen LogP contribution >= 0.6 is 0 Å². The van der Waals surface area contributed by atoms with Gasteiger partial charge in [0.2, 0.25) is 5.91 Å². The van der Waals surface area contributed by atoms with Crippen molar-refractivity contribution in [3.8, 4) is 0 Å². The Bertz CT molecular complexity index is 693. The first-order chi connectivity index (χ1) is 11.2. The molecule has 1 aromatic heterocycles. The van der Waals surface area contributed by atoms with Gasteiger partial charge in [-0.1, -0.05) is 30.3 Å². The second-order valence-electron chi connectivity index (χ2n) is 5.90. The average molecular weight is 311 g/mol. The van der Waals surface area contributed by atoms with Gasteiger partial charge in [0.05, 0.1) is 5.56 Å². The number of hydrogen-bond acceptors (Lipinski definition) is 2. The van der Waals surface area contributed by atoms with Gasteiger partial charge >= 0.3 is 0 Å². The van der Waals surface area contributed by atoms with Gasteiger partial charge in [-0.25, -0.2) is 0 Å². The fraction of sp³-hybridized carbons (Fsp3) is 0.333. The topological polar surface area (TPSA) is 65.2 Å². The van der Waals surface area contributed by atoms with Gasteiger partial charge in [0.1, 0.15) is 6.04 Å². The molecule has 1 saturated heterocycles. The number of carbonyl (C=O) groups excluding carboxylic acids is 2. The smallest absolute Gasteiger partial charge is 0.256 e. The molecule has 1 aliphatic heterocycles. The van der Waals surface area contributed by atoms with E-state index in [1.54, 1.807) is 17.3 Å². The molecule has 0 spiro atoms. The molecule has 0 radical (unpaired) electrons. The summed E-state index contributed by atoms with van der Waals surface area (Å²) in [5.41, 5.74) is 2.59. The molecular formula is C18H21N3O2. The summed E-state index contributed by atoms with van der Waals surface area (Å²) < 4.78 is 0. The molecule has 0 saturated carbocycles. The zero-order valence-electron chi connectivity index (χ0n) is 13.2. The summed E-state index contributed by atoms with van der Waals surface area (Å²) >= 11 is 0. The lowest BCUT2D eigenvalue weighted by molar-refractivity contribution is -0.124. The van der Waals surface area contributed by atoms with Gasteiger partial charge in [0.25, 0.3) is 5.91 Å². The first kappa shape index (κ1) is 15.3. The molecule has 2 aromatic rings. The van der Waals surface area contributed by atoms with E-state index in [9.17, 15) is 9.59 Å². The number of aromatic nitrogens is 1. The van der Waals surface area contributed by atoms with Crippen molar-refractivity contribution in [3.05, 3.63) is 59.4 Å². The first-order valence-electron chi connectivity index (χ1n) is 7.93. The van der Waals surface area contributed by atoms with Crippen molar-refractivity contribution < 1.29 is 9.59 Å². The monoisotopic (exact) mass is 311 g/mol. The quantitative estimate of drug-likeness (QED) is 0.909. The lowest BCUT2D eigenvalue weighted by Crippen LogP contribution is -2.48. The molecule has 0 bridgehead atoms. The third-order valence-electron chi connectivity index (χ3n) is 4.27. The molecule has 2 heterocycles. The van der Waals surface area contributed by atoms with Gasteiger partial charge in [-0.05, 0) is 24.5 Å². The molecule has 23 heavy (non-hydrogen) atoms. The molecule has 2 amide bonds. The molecule has 0 aliphatic carbocycles. The second kappa shape index (κ2) is 6.69. The van der Waals surface area contributed by atoms with Crippen LogP contribution < -0.4 is 5.32 Å². The molecule has 5 heteroatoms. The highest BCUT2D eigenvalue weighted by Crippen LogP contribution is 2.17. The van der Waals surface area contributed by atoms with Crippen molar-refractivity contribution in [2.45, 2.75) is 25.8 Å². The average Bonchev–Trinajstić information content (AvgIpc) is 2.91. The lowest BCUT2D eigenvalue weighted by atomic mass is 10.0. The maximum Gasteiger partial charge on any atom is 0.256 e. The molecular weight excluding hydrogens is 290 g/mol. The predicted molar refractivity (Wildman–Crippen MR) is 88.1 cm³/mol. The number of nitrogens with zero attached hydrogens (tertiary/aromatic N) is 1. The molecule has 1 aromatic carbocycles. The standard InChI is InChI=1S/C18H21N3O2/c1-13-11-19-12-15(13)18(23)21-9-5-8-20-17(22)16(21)10-14-6-3-2-4-7-14/h2-4,6-7,11-12,16,19H,5,8-10H2,1H3,(H,20,22). The van der Waals surface area contributed by atoms with Crippen molar-refractivity contribution >= 4 is 11.8 Å². The number of rotatable bonds is 3. The zero-order valence-corrected chi connectivity index (χ0v) is 13.2. The Balaban J connectivity index is 1.89. The van der Waals surface area contributed by atoms with Gasteiger partial charge in [0, 0.05) is 31.9 Å². The molecule has 1 aliphatic rings. The Labute approximate surface area is 135 Å². The van der Waals surface area contributed by atoms with E-state index < -0.39 is 6.04 Å². The molecule has 1 atom stereocenters. The summed E-state index contributed by atoms with van der Waals surface area (Å²) in [4.78, 5) is 30.1. The van der Waals surface area contributed by atoms with Crippen LogP contribution in [-0.2, 0) is 11.2 Å². The van der Waals surface area contributed by atoms with Crippen molar-refractivity contribution in [1.82, 2.24) is 15.2 Å². The minimum absolute atomic E-state index is 0.0760.